The van der Waals surface area contributed by atoms with Gasteiger partial charge in [-0.05, 0) is 51.1 Å². The lowest BCUT2D eigenvalue weighted by molar-refractivity contribution is 0.102. The average Bonchev–Trinajstić information content (AvgIpc) is 3.11. The molecule has 1 aliphatic rings. The topological polar surface area (TPSA) is 94.0 Å². The molecule has 1 aromatic carbocycles. The van der Waals surface area contributed by atoms with Gasteiger partial charge in [-0.25, -0.2) is 9.67 Å². The van der Waals surface area contributed by atoms with Crippen molar-refractivity contribution < 1.29 is 9.53 Å². The van der Waals surface area contributed by atoms with Crippen LogP contribution in [0.15, 0.2) is 48.7 Å². The number of pyridine rings is 1. The van der Waals surface area contributed by atoms with Crippen LogP contribution in [0.5, 0.6) is 11.6 Å². The molecule has 2 N–H and O–H groups in total. The van der Waals surface area contributed by atoms with Crippen molar-refractivity contribution in [2.75, 3.05) is 18.4 Å². The van der Waals surface area contributed by atoms with E-state index in [9.17, 15) is 4.79 Å². The molecule has 0 atom stereocenters. The number of nitrogens with one attached hydrogen (secondary N) is 2. The van der Waals surface area contributed by atoms with Gasteiger partial charge in [-0.3, -0.25) is 4.79 Å². The molecule has 1 amide bonds. The Labute approximate surface area is 162 Å². The van der Waals surface area contributed by atoms with E-state index in [1.807, 2.05) is 35.9 Å². The summed E-state index contributed by atoms with van der Waals surface area (Å²) >= 11 is 0. The van der Waals surface area contributed by atoms with E-state index in [1.165, 1.54) is 0 Å². The van der Waals surface area contributed by atoms with Gasteiger partial charge in [0.1, 0.15) is 5.75 Å². The Morgan fingerprint density at radius 3 is 2.86 bits per heavy atom. The van der Waals surface area contributed by atoms with Crippen LogP contribution in [0.2, 0.25) is 0 Å². The van der Waals surface area contributed by atoms with Crippen LogP contribution in [0.3, 0.4) is 0 Å². The number of anilines is 1. The van der Waals surface area contributed by atoms with Crippen LogP contribution in [-0.4, -0.2) is 39.0 Å². The molecular weight excluding hydrogens is 356 g/mol. The lowest BCUT2D eigenvalue weighted by Crippen LogP contribution is -2.30. The van der Waals surface area contributed by atoms with E-state index in [1.54, 1.807) is 24.4 Å². The number of carbonyl (C=O) groups excluding carboxylic acids is 1. The van der Waals surface area contributed by atoms with Gasteiger partial charge in [0.2, 0.25) is 5.88 Å². The molecule has 0 bridgehead atoms. The molecule has 0 radical (unpaired) electrons. The van der Waals surface area contributed by atoms with Crippen LogP contribution < -0.4 is 15.4 Å². The van der Waals surface area contributed by atoms with Crippen molar-refractivity contribution in [1.82, 2.24) is 25.3 Å². The van der Waals surface area contributed by atoms with Crippen molar-refractivity contribution in [2.45, 2.75) is 25.8 Å². The number of piperidine rings is 1. The fourth-order valence-electron chi connectivity index (χ4n) is 3.30. The number of nitrogens with zero attached hydrogens (tertiary/aromatic N) is 4. The van der Waals surface area contributed by atoms with Gasteiger partial charge in [0.05, 0.1) is 11.7 Å². The third kappa shape index (κ3) is 4.01. The summed E-state index contributed by atoms with van der Waals surface area (Å²) in [5, 5.41) is 14.5. The van der Waals surface area contributed by atoms with Crippen molar-refractivity contribution in [2.24, 2.45) is 0 Å². The van der Waals surface area contributed by atoms with Crippen LogP contribution >= 0.6 is 0 Å². The zero-order chi connectivity index (χ0) is 19.3. The van der Waals surface area contributed by atoms with E-state index in [-0.39, 0.29) is 11.9 Å². The SMILES string of the molecule is Cc1c(C(=O)Nc2cccc(Oc3ccccn3)c2)nnn1C1CCNCC1. The van der Waals surface area contributed by atoms with Crippen molar-refractivity contribution in [3.05, 3.63) is 60.0 Å². The van der Waals surface area contributed by atoms with Crippen molar-refractivity contribution in [3.63, 3.8) is 0 Å². The van der Waals surface area contributed by atoms with E-state index < -0.39 is 0 Å². The maximum Gasteiger partial charge on any atom is 0.278 e. The molecule has 144 valence electrons. The van der Waals surface area contributed by atoms with Crippen LogP contribution in [-0.2, 0) is 0 Å². The van der Waals surface area contributed by atoms with Crippen LogP contribution in [0.4, 0.5) is 5.69 Å². The van der Waals surface area contributed by atoms with Gasteiger partial charge in [0, 0.05) is 24.0 Å². The Bertz CT molecular complexity index is 950. The van der Waals surface area contributed by atoms with E-state index >= 15 is 0 Å². The zero-order valence-corrected chi connectivity index (χ0v) is 15.6. The molecule has 8 heteroatoms. The maximum atomic E-state index is 12.7. The van der Waals surface area contributed by atoms with E-state index in [4.69, 9.17) is 4.74 Å². The fourth-order valence-corrected chi connectivity index (χ4v) is 3.30. The third-order valence-corrected chi connectivity index (χ3v) is 4.75. The molecule has 0 unspecified atom stereocenters. The summed E-state index contributed by atoms with van der Waals surface area (Å²) in [6.07, 6.45) is 3.63. The monoisotopic (exact) mass is 378 g/mol. The molecular formula is C20H22N6O2. The number of rotatable bonds is 5. The van der Waals surface area contributed by atoms with E-state index in [2.05, 4.69) is 25.9 Å². The molecule has 0 aliphatic carbocycles. The molecule has 28 heavy (non-hydrogen) atoms. The highest BCUT2D eigenvalue weighted by Gasteiger charge is 2.23. The number of ether oxygens (including phenoxy) is 1. The predicted molar refractivity (Wildman–Crippen MR) is 105 cm³/mol. The van der Waals surface area contributed by atoms with Gasteiger partial charge < -0.3 is 15.4 Å². The summed E-state index contributed by atoms with van der Waals surface area (Å²) in [6.45, 7) is 3.79. The Morgan fingerprint density at radius 2 is 2.07 bits per heavy atom. The Hall–Kier alpha value is -3.26. The molecule has 1 fully saturated rings. The van der Waals surface area contributed by atoms with Gasteiger partial charge in [0.15, 0.2) is 5.69 Å². The maximum absolute atomic E-state index is 12.7. The first-order chi connectivity index (χ1) is 13.7. The molecule has 1 saturated heterocycles. The van der Waals surface area contributed by atoms with Crippen molar-refractivity contribution >= 4 is 11.6 Å². The molecule has 0 saturated carbocycles. The van der Waals surface area contributed by atoms with E-state index in [0.29, 0.717) is 23.0 Å². The molecule has 8 nitrogen and oxygen atoms in total. The summed E-state index contributed by atoms with van der Waals surface area (Å²) in [4.78, 5) is 16.8. The molecule has 2 aromatic heterocycles. The first-order valence-electron chi connectivity index (χ1n) is 9.33. The standard InChI is InChI=1S/C20H22N6O2/c1-14-19(24-25-26(14)16-8-11-21-12-9-16)20(27)23-15-5-4-6-17(13-15)28-18-7-2-3-10-22-18/h2-7,10,13,16,21H,8-9,11-12H2,1H3,(H,23,27). The van der Waals surface area contributed by atoms with Gasteiger partial charge in [-0.2, -0.15) is 0 Å². The van der Waals surface area contributed by atoms with Crippen LogP contribution in [0, 0.1) is 6.92 Å². The second-order valence-corrected chi connectivity index (χ2v) is 6.70. The smallest absolute Gasteiger partial charge is 0.278 e. The molecule has 0 spiro atoms. The Kier molecular flexibility index (Phi) is 5.29. The molecule has 1 aliphatic heterocycles. The number of amides is 1. The van der Waals surface area contributed by atoms with Crippen molar-refractivity contribution in [3.8, 4) is 11.6 Å². The van der Waals surface area contributed by atoms with Crippen LogP contribution in [0.1, 0.15) is 35.1 Å². The van der Waals surface area contributed by atoms with Crippen molar-refractivity contribution in [1.29, 1.82) is 0 Å². The normalized spacial score (nSPS) is 14.6. The van der Waals surface area contributed by atoms with Gasteiger partial charge in [-0.1, -0.05) is 17.3 Å². The summed E-state index contributed by atoms with van der Waals surface area (Å²) in [6, 6.07) is 12.9. The first kappa shape index (κ1) is 18.1. The predicted octanol–water partition coefficient (Wildman–Crippen LogP) is 2.95. The largest absolute Gasteiger partial charge is 0.439 e. The highest BCUT2D eigenvalue weighted by atomic mass is 16.5. The van der Waals surface area contributed by atoms with Crippen LogP contribution in [0.25, 0.3) is 0 Å². The van der Waals surface area contributed by atoms with Gasteiger partial charge >= 0.3 is 0 Å². The first-order valence-corrected chi connectivity index (χ1v) is 9.33. The lowest BCUT2D eigenvalue weighted by Gasteiger charge is -2.23. The molecule has 4 rings (SSSR count). The Balaban J connectivity index is 1.46. The Morgan fingerprint density at radius 1 is 1.21 bits per heavy atom. The average molecular weight is 378 g/mol. The van der Waals surface area contributed by atoms with E-state index in [0.717, 1.165) is 31.6 Å². The lowest BCUT2D eigenvalue weighted by atomic mass is 10.1. The number of benzene rings is 1. The number of hydrogen-bond acceptors (Lipinski definition) is 6. The minimum Gasteiger partial charge on any atom is -0.439 e. The van der Waals surface area contributed by atoms with Gasteiger partial charge in [0.25, 0.3) is 5.91 Å². The number of hydrogen-bond donors (Lipinski definition) is 2. The number of carbonyl (C=O) groups is 1. The third-order valence-electron chi connectivity index (χ3n) is 4.75. The highest BCUT2D eigenvalue weighted by molar-refractivity contribution is 6.03. The second kappa shape index (κ2) is 8.18. The summed E-state index contributed by atoms with van der Waals surface area (Å²) in [7, 11) is 0. The highest BCUT2D eigenvalue weighted by Crippen LogP contribution is 2.24. The summed E-state index contributed by atoms with van der Waals surface area (Å²) < 4.78 is 7.58. The van der Waals surface area contributed by atoms with Gasteiger partial charge in [-0.15, -0.1) is 5.10 Å². The molecule has 3 aromatic rings. The number of aromatic nitrogens is 4. The molecule has 3 heterocycles. The summed E-state index contributed by atoms with van der Waals surface area (Å²) in [5.74, 6) is 0.797. The zero-order valence-electron chi connectivity index (χ0n) is 15.6. The quantitative estimate of drug-likeness (QED) is 0.709. The summed E-state index contributed by atoms with van der Waals surface area (Å²) in [5.41, 5.74) is 1.74. The second-order valence-electron chi connectivity index (χ2n) is 6.70. The minimum atomic E-state index is -0.285. The minimum absolute atomic E-state index is 0.283. The fraction of sp³-hybridized carbons (Fsp3) is 0.300.